The van der Waals surface area contributed by atoms with Crippen LogP contribution in [0.3, 0.4) is 0 Å². The molecule has 1 aliphatic heterocycles. The molecule has 0 saturated carbocycles. The van der Waals surface area contributed by atoms with Crippen molar-refractivity contribution in [1.29, 1.82) is 0 Å². The summed E-state index contributed by atoms with van der Waals surface area (Å²) in [5.74, 6) is 0.554. The monoisotopic (exact) mass is 349 g/mol. The molecule has 2 aromatic heterocycles. The van der Waals surface area contributed by atoms with Crippen molar-refractivity contribution in [3.8, 4) is 5.69 Å². The lowest BCUT2D eigenvalue weighted by Crippen LogP contribution is -2.22. The van der Waals surface area contributed by atoms with E-state index in [0.29, 0.717) is 22.5 Å². The van der Waals surface area contributed by atoms with Gasteiger partial charge in [-0.2, -0.15) is 0 Å². The van der Waals surface area contributed by atoms with Gasteiger partial charge in [0.05, 0.1) is 10.9 Å². The van der Waals surface area contributed by atoms with Crippen molar-refractivity contribution >= 4 is 28.4 Å². The molecule has 1 aliphatic rings. The molecular formula is C19H19N5O2. The van der Waals surface area contributed by atoms with E-state index in [2.05, 4.69) is 20.2 Å². The number of nitrogens with one attached hydrogen (secondary N) is 1. The van der Waals surface area contributed by atoms with Crippen molar-refractivity contribution in [2.24, 2.45) is 0 Å². The molecule has 0 spiro atoms. The highest BCUT2D eigenvalue weighted by Crippen LogP contribution is 2.18. The normalized spacial score (nSPS) is 14.0. The van der Waals surface area contributed by atoms with Crippen molar-refractivity contribution in [2.45, 2.75) is 19.8 Å². The Morgan fingerprint density at radius 1 is 1.12 bits per heavy atom. The summed E-state index contributed by atoms with van der Waals surface area (Å²) >= 11 is 0. The largest absolute Gasteiger partial charge is 0.341 e. The van der Waals surface area contributed by atoms with E-state index in [0.717, 1.165) is 31.6 Å². The van der Waals surface area contributed by atoms with Gasteiger partial charge in [-0.1, -0.05) is 0 Å². The first-order valence-electron chi connectivity index (χ1n) is 8.63. The van der Waals surface area contributed by atoms with Crippen LogP contribution in [0.4, 0.5) is 11.6 Å². The number of fused-ring (bicyclic) bond motifs is 1. The van der Waals surface area contributed by atoms with Gasteiger partial charge in [-0.05, 0) is 43.2 Å². The van der Waals surface area contributed by atoms with Gasteiger partial charge in [0, 0.05) is 43.8 Å². The van der Waals surface area contributed by atoms with Crippen LogP contribution in [0.5, 0.6) is 0 Å². The summed E-state index contributed by atoms with van der Waals surface area (Å²) in [5, 5.41) is 3.20. The highest BCUT2D eigenvalue weighted by atomic mass is 16.1. The van der Waals surface area contributed by atoms with Crippen LogP contribution in [-0.4, -0.2) is 33.5 Å². The lowest BCUT2D eigenvalue weighted by molar-refractivity contribution is -0.114. The van der Waals surface area contributed by atoms with Gasteiger partial charge in [0.15, 0.2) is 0 Å². The molecule has 0 unspecified atom stereocenters. The van der Waals surface area contributed by atoms with Crippen LogP contribution in [0.25, 0.3) is 16.6 Å². The molecule has 132 valence electrons. The van der Waals surface area contributed by atoms with Crippen LogP contribution >= 0.6 is 0 Å². The molecular weight excluding hydrogens is 330 g/mol. The number of carbonyl (C=O) groups excluding carboxylic acids is 1. The number of nitrogens with zero attached hydrogens (tertiary/aromatic N) is 4. The minimum Gasteiger partial charge on any atom is -0.341 e. The Labute approximate surface area is 150 Å². The molecule has 7 nitrogen and oxygen atoms in total. The number of rotatable bonds is 3. The maximum atomic E-state index is 12.8. The van der Waals surface area contributed by atoms with Crippen molar-refractivity contribution in [3.63, 3.8) is 0 Å². The van der Waals surface area contributed by atoms with Gasteiger partial charge in [-0.25, -0.2) is 9.97 Å². The topological polar surface area (TPSA) is 80.1 Å². The summed E-state index contributed by atoms with van der Waals surface area (Å²) < 4.78 is 1.55. The van der Waals surface area contributed by atoms with Crippen molar-refractivity contribution in [2.75, 3.05) is 23.3 Å². The van der Waals surface area contributed by atoms with Gasteiger partial charge >= 0.3 is 0 Å². The molecule has 0 aliphatic carbocycles. The molecule has 3 aromatic rings. The number of aromatic nitrogens is 3. The Morgan fingerprint density at radius 2 is 1.85 bits per heavy atom. The summed E-state index contributed by atoms with van der Waals surface area (Å²) in [6, 6.07) is 8.94. The third-order valence-electron chi connectivity index (χ3n) is 4.49. The fraction of sp³-hybridized carbons (Fsp3) is 0.263. The predicted molar refractivity (Wildman–Crippen MR) is 101 cm³/mol. The average molecular weight is 349 g/mol. The van der Waals surface area contributed by atoms with E-state index in [1.165, 1.54) is 6.92 Å². The number of hydrogen-bond donors (Lipinski definition) is 1. The highest BCUT2D eigenvalue weighted by molar-refractivity contribution is 5.88. The minimum absolute atomic E-state index is 0.133. The SMILES string of the molecule is CC(=O)Nc1ccc(-n2ccc3nc(N4CCCC4)ncc3c2=O)cc1. The number of pyridine rings is 1. The molecule has 1 aromatic carbocycles. The Hall–Kier alpha value is -3.22. The van der Waals surface area contributed by atoms with E-state index in [-0.39, 0.29) is 11.5 Å². The zero-order valence-corrected chi connectivity index (χ0v) is 14.5. The second kappa shape index (κ2) is 6.59. The zero-order chi connectivity index (χ0) is 18.1. The van der Waals surface area contributed by atoms with Gasteiger partial charge in [-0.3, -0.25) is 14.2 Å². The van der Waals surface area contributed by atoms with Crippen LogP contribution in [0.1, 0.15) is 19.8 Å². The summed E-state index contributed by atoms with van der Waals surface area (Å²) in [6.07, 6.45) is 5.63. The second-order valence-electron chi connectivity index (χ2n) is 6.38. The van der Waals surface area contributed by atoms with E-state index in [1.807, 2.05) is 6.07 Å². The van der Waals surface area contributed by atoms with E-state index in [9.17, 15) is 9.59 Å². The maximum absolute atomic E-state index is 12.8. The Balaban J connectivity index is 1.70. The standard InChI is InChI=1S/C19H19N5O2/c1-13(25)21-14-4-6-15(7-5-14)24-11-8-17-16(18(24)26)12-20-19(22-17)23-9-2-3-10-23/h4-8,11-12H,2-3,9-10H2,1H3,(H,21,25). The quantitative estimate of drug-likeness (QED) is 0.785. The van der Waals surface area contributed by atoms with Gasteiger partial charge in [0.2, 0.25) is 11.9 Å². The van der Waals surface area contributed by atoms with E-state index in [4.69, 9.17) is 0 Å². The van der Waals surface area contributed by atoms with Gasteiger partial charge in [0.25, 0.3) is 5.56 Å². The number of anilines is 2. The smallest absolute Gasteiger partial charge is 0.266 e. The molecule has 26 heavy (non-hydrogen) atoms. The first-order valence-corrected chi connectivity index (χ1v) is 8.63. The number of benzene rings is 1. The van der Waals surface area contributed by atoms with Crippen LogP contribution in [0, 0.1) is 0 Å². The van der Waals surface area contributed by atoms with Crippen LogP contribution in [-0.2, 0) is 4.79 Å². The Bertz CT molecular complexity index is 1020. The highest BCUT2D eigenvalue weighted by Gasteiger charge is 2.16. The molecule has 4 rings (SSSR count). The molecule has 1 N–H and O–H groups in total. The van der Waals surface area contributed by atoms with Crippen LogP contribution < -0.4 is 15.8 Å². The van der Waals surface area contributed by atoms with Gasteiger partial charge < -0.3 is 10.2 Å². The molecule has 7 heteroatoms. The van der Waals surface area contributed by atoms with Crippen molar-refractivity contribution in [3.05, 3.63) is 53.1 Å². The molecule has 3 heterocycles. The first kappa shape index (κ1) is 16.3. The molecule has 1 amide bonds. The third kappa shape index (κ3) is 3.03. The van der Waals surface area contributed by atoms with Crippen LogP contribution in [0.15, 0.2) is 47.5 Å². The van der Waals surface area contributed by atoms with Crippen molar-refractivity contribution in [1.82, 2.24) is 14.5 Å². The first-order chi connectivity index (χ1) is 12.6. The molecule has 0 radical (unpaired) electrons. The molecule has 1 saturated heterocycles. The predicted octanol–water partition coefficient (Wildman–Crippen LogP) is 2.34. The number of hydrogen-bond acceptors (Lipinski definition) is 5. The summed E-state index contributed by atoms with van der Waals surface area (Å²) in [5.41, 5.74) is 1.89. The second-order valence-corrected chi connectivity index (χ2v) is 6.38. The van der Waals surface area contributed by atoms with E-state index < -0.39 is 0 Å². The lowest BCUT2D eigenvalue weighted by Gasteiger charge is -2.15. The molecule has 1 fully saturated rings. The van der Waals surface area contributed by atoms with Crippen LogP contribution in [0.2, 0.25) is 0 Å². The summed E-state index contributed by atoms with van der Waals surface area (Å²) in [7, 11) is 0. The van der Waals surface area contributed by atoms with Gasteiger partial charge in [0.1, 0.15) is 0 Å². The number of carbonyl (C=O) groups is 1. The number of amides is 1. The van der Waals surface area contributed by atoms with Gasteiger partial charge in [-0.15, -0.1) is 0 Å². The lowest BCUT2D eigenvalue weighted by atomic mass is 10.2. The fourth-order valence-electron chi connectivity index (χ4n) is 3.20. The summed E-state index contributed by atoms with van der Waals surface area (Å²) in [4.78, 5) is 35.0. The fourth-order valence-corrected chi connectivity index (χ4v) is 3.20. The maximum Gasteiger partial charge on any atom is 0.266 e. The molecule has 0 atom stereocenters. The minimum atomic E-state index is -0.164. The Morgan fingerprint density at radius 3 is 2.54 bits per heavy atom. The van der Waals surface area contributed by atoms with E-state index in [1.54, 1.807) is 41.2 Å². The summed E-state index contributed by atoms with van der Waals surface area (Å²) in [6.45, 7) is 3.38. The van der Waals surface area contributed by atoms with Crippen molar-refractivity contribution < 1.29 is 4.79 Å². The van der Waals surface area contributed by atoms with E-state index >= 15 is 0 Å². The zero-order valence-electron chi connectivity index (χ0n) is 14.5. The third-order valence-corrected chi connectivity index (χ3v) is 4.49. The average Bonchev–Trinajstić information content (AvgIpc) is 3.17. The molecule has 0 bridgehead atoms. The Kier molecular flexibility index (Phi) is 4.12.